The van der Waals surface area contributed by atoms with Crippen LogP contribution in [0.15, 0.2) is 86.8 Å². The van der Waals surface area contributed by atoms with Gasteiger partial charge in [0.05, 0.1) is 61.6 Å². The van der Waals surface area contributed by atoms with Gasteiger partial charge in [0.1, 0.15) is 22.3 Å². The maximum atomic E-state index is 14.4. The molecule has 40 heteroatoms. The number of aromatic nitrogens is 6. The first-order valence-corrected chi connectivity index (χ1v) is 32.2. The lowest BCUT2D eigenvalue weighted by atomic mass is 9.93. The van der Waals surface area contributed by atoms with Gasteiger partial charge in [0.15, 0.2) is 21.0 Å². The minimum absolute atomic E-state index is 0.0233. The van der Waals surface area contributed by atoms with Crippen LogP contribution in [0.2, 0.25) is 5.02 Å². The van der Waals surface area contributed by atoms with Gasteiger partial charge in [-0.25, -0.2) is 50.1 Å². The third kappa shape index (κ3) is 22.1. The van der Waals surface area contributed by atoms with Crippen molar-refractivity contribution in [2.24, 2.45) is 0 Å². The number of sulfonamides is 2. The number of carboxylic acids is 1. The number of methoxy groups -OCH3 is 3. The number of amides is 6. The lowest BCUT2D eigenvalue weighted by Gasteiger charge is -2.19. The number of halogens is 5. The van der Waals surface area contributed by atoms with Crippen molar-refractivity contribution in [1.29, 1.82) is 0 Å². The van der Waals surface area contributed by atoms with Crippen LogP contribution in [-0.2, 0) is 55.3 Å². The molecule has 6 amide bonds. The summed E-state index contributed by atoms with van der Waals surface area (Å²) in [5.41, 5.74) is 0.737. The Morgan fingerprint density at radius 2 is 1.38 bits per heavy atom. The number of aliphatic carboxylic acids is 1. The third-order valence-electron chi connectivity index (χ3n) is 11.3. The highest BCUT2D eigenvalue weighted by molar-refractivity contribution is 7.93. The number of nitrogens with one attached hydrogen (secondary N) is 5. The average molecular weight is 1370 g/mol. The normalized spacial score (nSPS) is 13.4. The number of ether oxygens (including phenoxy) is 4. The van der Waals surface area contributed by atoms with E-state index in [-0.39, 0.29) is 63.3 Å². The van der Waals surface area contributed by atoms with Crippen LogP contribution in [0, 0.1) is 25.1 Å². The summed E-state index contributed by atoms with van der Waals surface area (Å²) in [4.78, 5) is 97.9. The van der Waals surface area contributed by atoms with Crippen LogP contribution in [0.1, 0.15) is 57.3 Å². The molecular formula is C50H56ClF4N12O19PS3. The predicted octanol–water partition coefficient (Wildman–Crippen LogP) is 4.81. The fourth-order valence-corrected chi connectivity index (χ4v) is 11.7. The van der Waals surface area contributed by atoms with Crippen molar-refractivity contribution in [2.75, 3.05) is 55.4 Å². The van der Waals surface area contributed by atoms with Crippen molar-refractivity contribution in [2.45, 2.75) is 86.4 Å². The molecule has 8 N–H and O–H groups in total. The Morgan fingerprint density at radius 3 is 1.90 bits per heavy atom. The van der Waals surface area contributed by atoms with Crippen LogP contribution in [-0.4, -0.2) is 152 Å². The van der Waals surface area contributed by atoms with E-state index in [1.165, 1.54) is 71.6 Å². The molecule has 0 spiro atoms. The van der Waals surface area contributed by atoms with Crippen LogP contribution in [0.25, 0.3) is 0 Å². The summed E-state index contributed by atoms with van der Waals surface area (Å²) in [5, 5.41) is 13.5. The number of rotatable bonds is 20. The first kappa shape index (κ1) is 73.8. The number of alkyl halides is 3. The van der Waals surface area contributed by atoms with Crippen molar-refractivity contribution in [3.8, 4) is 35.9 Å². The number of nitrogens with zero attached hydrogens (tertiary/aromatic N) is 7. The second-order valence-electron chi connectivity index (χ2n) is 17.9. The van der Waals surface area contributed by atoms with E-state index in [2.05, 4.69) is 51.8 Å². The molecule has 1 aliphatic carbocycles. The van der Waals surface area contributed by atoms with E-state index in [4.69, 9.17) is 51.9 Å². The number of aryl methyl sites for hydroxylation is 2. The monoisotopic (exact) mass is 1370 g/mol. The quantitative estimate of drug-likeness (QED) is 0.0224. The number of pyridine rings is 1. The van der Waals surface area contributed by atoms with E-state index in [0.29, 0.717) is 24.0 Å². The van der Waals surface area contributed by atoms with Gasteiger partial charge < -0.3 is 33.8 Å². The molecular weight excluding hydrogens is 1310 g/mol. The van der Waals surface area contributed by atoms with Crippen molar-refractivity contribution >= 4 is 96.5 Å². The van der Waals surface area contributed by atoms with Crippen molar-refractivity contribution < 1.29 is 105 Å². The van der Waals surface area contributed by atoms with E-state index < -0.39 is 126 Å². The number of urea groups is 2. The number of carboxylic acid groups (broad SMARTS) is 1. The van der Waals surface area contributed by atoms with E-state index >= 15 is 0 Å². The molecule has 1 unspecified atom stereocenters. The summed E-state index contributed by atoms with van der Waals surface area (Å²) >= 11 is 5.97. The first-order chi connectivity index (χ1) is 42.0. The number of sulfone groups is 1. The van der Waals surface area contributed by atoms with Crippen LogP contribution in [0.5, 0.6) is 23.5 Å². The highest BCUT2D eigenvalue weighted by Crippen LogP contribution is 2.40. The molecule has 5 aromatic rings. The largest absolute Gasteiger partial charge is 0.481 e. The van der Waals surface area contributed by atoms with Gasteiger partial charge in [-0.2, -0.15) is 46.5 Å². The second-order valence-corrected chi connectivity index (χ2v) is 25.5. The zero-order valence-electron chi connectivity index (χ0n) is 47.9. The van der Waals surface area contributed by atoms with E-state index in [0.717, 1.165) is 42.1 Å². The van der Waals surface area contributed by atoms with Crippen LogP contribution in [0.4, 0.5) is 44.7 Å². The van der Waals surface area contributed by atoms with Crippen molar-refractivity contribution in [3.63, 3.8) is 0 Å². The third-order valence-corrected chi connectivity index (χ3v) is 16.9. The van der Waals surface area contributed by atoms with Gasteiger partial charge in [-0.1, -0.05) is 42.6 Å². The lowest BCUT2D eigenvalue weighted by Crippen LogP contribution is -2.36. The summed E-state index contributed by atoms with van der Waals surface area (Å²) in [6.07, 6.45) is 1.77. The standard InChI is InChI=1S/C18H15ClFNO3.C15H16F3N5O4S.C14H17N5O7S2.C3H8NO5P/c1-3-10(2)24-16-9-15(14(20)8-13(16)19)21-17(22)11-6-4-5-7-12(11)18(21)23;1-9-19-12(22-14(20-9)27-2)21-13(24)23-28(25,26)11-6-4-3-5-10(11)7-8-15(16,17)18;1-4-27(21,22)9-6-5-7-15-12(9)28(23,24)19-14(20)18-13-16-10(25-2)8-11(17-13)26-3;5-3(6)1-4-2-10(7,8)9/h1,8-10H,4-7H2,2H3;3-6H,7-8H2,1-2H3,(H2,19,20,21,22,23,24);5-8H,4H2,1-3H3,(H2,16,17,18,19,20);4H,1-2H2,(H,5,6)(H2,7,8,9). The Hall–Kier alpha value is -8.70. The Kier molecular flexibility index (Phi) is 26.4. The molecule has 4 heterocycles. The number of carbonyl (C=O) groups is 5. The number of hydrogen-bond acceptors (Lipinski definition) is 23. The Balaban J connectivity index is 0.000000268. The summed E-state index contributed by atoms with van der Waals surface area (Å²) in [6.45, 7) is 4.05. The molecule has 2 aliphatic rings. The highest BCUT2D eigenvalue weighted by Gasteiger charge is 2.41. The molecule has 31 nitrogen and oxygen atoms in total. The molecule has 90 heavy (non-hydrogen) atoms. The maximum Gasteiger partial charge on any atom is 0.389 e. The maximum absolute atomic E-state index is 14.4. The Labute approximate surface area is 516 Å². The highest BCUT2D eigenvalue weighted by atomic mass is 35.5. The Bertz CT molecular complexity index is 3930. The molecule has 2 aromatic carbocycles. The van der Waals surface area contributed by atoms with Gasteiger partial charge >= 0.3 is 37.8 Å². The average Bonchev–Trinajstić information content (AvgIpc) is 2.00. The molecule has 0 saturated heterocycles. The smallest absolute Gasteiger partial charge is 0.389 e. The molecule has 0 radical (unpaired) electrons. The van der Waals surface area contributed by atoms with Gasteiger partial charge in [-0.3, -0.25) is 34.9 Å². The van der Waals surface area contributed by atoms with E-state index in [1.807, 2.05) is 0 Å². The Morgan fingerprint density at radius 1 is 0.822 bits per heavy atom. The number of anilines is 3. The number of imide groups is 1. The van der Waals surface area contributed by atoms with Crippen molar-refractivity contribution in [1.82, 2.24) is 44.7 Å². The van der Waals surface area contributed by atoms with Gasteiger partial charge in [0.25, 0.3) is 31.9 Å². The molecule has 488 valence electrons. The van der Waals surface area contributed by atoms with E-state index in [9.17, 15) is 71.4 Å². The number of hydrogen-bond donors (Lipinski definition) is 8. The van der Waals surface area contributed by atoms with Crippen LogP contribution < -0.4 is 49.2 Å². The summed E-state index contributed by atoms with van der Waals surface area (Å²) in [5.74, 6) is -0.908. The summed E-state index contributed by atoms with van der Waals surface area (Å²) in [7, 11) is -13.1. The molecule has 1 atom stereocenters. The fourth-order valence-electron chi connectivity index (χ4n) is 7.37. The zero-order valence-corrected chi connectivity index (χ0v) is 52.0. The second kappa shape index (κ2) is 32.2. The van der Waals surface area contributed by atoms with Gasteiger partial charge in [-0.05, 0) is 75.8 Å². The molecule has 7 rings (SSSR count). The van der Waals surface area contributed by atoms with Crippen molar-refractivity contribution in [3.05, 3.63) is 94.2 Å². The predicted molar refractivity (Wildman–Crippen MR) is 309 cm³/mol. The minimum atomic E-state index is -4.61. The molecule has 0 bridgehead atoms. The molecule has 1 aliphatic heterocycles. The number of terminal acetylenes is 1. The van der Waals surface area contributed by atoms with Crippen LogP contribution in [0.3, 0.4) is 0 Å². The van der Waals surface area contributed by atoms with Gasteiger partial charge in [0, 0.05) is 29.8 Å². The van der Waals surface area contributed by atoms with Crippen LogP contribution >= 0.6 is 19.2 Å². The molecule has 3 aromatic heterocycles. The zero-order chi connectivity index (χ0) is 67.5. The first-order valence-electron chi connectivity index (χ1n) is 25.4. The van der Waals surface area contributed by atoms with E-state index in [1.54, 1.807) is 16.4 Å². The summed E-state index contributed by atoms with van der Waals surface area (Å²) in [6, 6.07) is 8.56. The minimum Gasteiger partial charge on any atom is -0.481 e. The fraction of sp³-hybridized carbons (Fsp3) is 0.340. The topological polar surface area (TPSA) is 443 Å². The van der Waals surface area contributed by atoms with Gasteiger partial charge in [-0.15, -0.1) is 6.42 Å². The molecule has 0 saturated carbocycles. The molecule has 0 fully saturated rings. The SMILES string of the molecule is C#CC(C)Oc1cc(N2C(=O)C3=C(CCCC3)C2=O)c(F)cc1Cl.CCS(=O)(=O)c1cccnc1S(=O)(=O)NC(=O)Nc1nc(OC)cc(OC)n1.COc1nc(C)nc(NC(=O)NS(=O)(=O)c2ccccc2CCC(F)(F)F)n1.O=C(O)CNCP(=O)(O)O. The lowest BCUT2D eigenvalue weighted by molar-refractivity contribution is -0.136. The summed E-state index contributed by atoms with van der Waals surface area (Å²) < 4.78 is 159. The number of carbonyl (C=O) groups excluding carboxylic acids is 4. The number of benzene rings is 2. The van der Waals surface area contributed by atoms with Gasteiger partial charge in [0.2, 0.25) is 23.7 Å².